The second-order valence-corrected chi connectivity index (χ2v) is 8.50. The molecular formula is C22H20FN3OS2. The molecule has 0 saturated heterocycles. The van der Waals surface area contributed by atoms with Gasteiger partial charge in [0.1, 0.15) is 5.82 Å². The average Bonchev–Trinajstić information content (AvgIpc) is 3.31. The molecule has 29 heavy (non-hydrogen) atoms. The van der Waals surface area contributed by atoms with Crippen LogP contribution in [0.1, 0.15) is 11.3 Å². The van der Waals surface area contributed by atoms with Crippen molar-refractivity contribution in [1.29, 1.82) is 0 Å². The number of thiazole rings is 1. The van der Waals surface area contributed by atoms with Crippen LogP contribution >= 0.6 is 23.1 Å². The normalized spacial score (nSPS) is 11.1. The van der Waals surface area contributed by atoms with E-state index in [9.17, 15) is 9.18 Å². The number of benzene rings is 2. The molecular weight excluding hydrogens is 405 g/mol. The summed E-state index contributed by atoms with van der Waals surface area (Å²) in [6.45, 7) is 0.575. The third-order valence-corrected chi connectivity index (χ3v) is 6.39. The molecule has 4 aromatic rings. The van der Waals surface area contributed by atoms with E-state index < -0.39 is 0 Å². The summed E-state index contributed by atoms with van der Waals surface area (Å²) in [6.07, 6.45) is 4.26. The molecule has 0 N–H and O–H groups in total. The quantitative estimate of drug-likeness (QED) is 0.402. The van der Waals surface area contributed by atoms with Crippen molar-refractivity contribution in [2.45, 2.75) is 17.9 Å². The van der Waals surface area contributed by atoms with Crippen LogP contribution in [0.5, 0.6) is 0 Å². The maximum atomic E-state index is 13.2. The van der Waals surface area contributed by atoms with Crippen molar-refractivity contribution in [2.24, 2.45) is 0 Å². The molecule has 2 aromatic heterocycles. The van der Waals surface area contributed by atoms with E-state index in [0.717, 1.165) is 27.5 Å². The largest absolute Gasteiger partial charge is 0.341 e. The molecule has 0 fully saturated rings. The smallest absolute Gasteiger partial charge is 0.228 e. The van der Waals surface area contributed by atoms with Crippen LogP contribution in [0.25, 0.3) is 16.2 Å². The number of likely N-dealkylation sites (N-methyl/N-ethyl adjacent to an activating group) is 1. The molecule has 0 radical (unpaired) electrons. The summed E-state index contributed by atoms with van der Waals surface area (Å²) in [4.78, 5) is 21.1. The van der Waals surface area contributed by atoms with E-state index >= 15 is 0 Å². The molecule has 4 nitrogen and oxygen atoms in total. The number of hydrogen-bond donors (Lipinski definition) is 0. The highest BCUT2D eigenvalue weighted by atomic mass is 32.2. The number of hydrogen-bond acceptors (Lipinski definition) is 4. The summed E-state index contributed by atoms with van der Waals surface area (Å²) < 4.78 is 15.1. The van der Waals surface area contributed by atoms with E-state index in [0.29, 0.717) is 13.0 Å². The van der Waals surface area contributed by atoms with E-state index in [4.69, 9.17) is 0 Å². The molecule has 2 heterocycles. The number of nitrogens with zero attached hydrogens (tertiary/aromatic N) is 3. The van der Waals surface area contributed by atoms with Gasteiger partial charge in [0.05, 0.1) is 12.1 Å². The van der Waals surface area contributed by atoms with E-state index in [-0.39, 0.29) is 11.7 Å². The third-order valence-electron chi connectivity index (χ3n) is 4.76. The number of fused-ring (bicyclic) bond motifs is 1. The predicted octanol–water partition coefficient (Wildman–Crippen LogP) is 5.12. The molecule has 0 spiro atoms. The molecule has 0 saturated carbocycles. The van der Waals surface area contributed by atoms with Crippen molar-refractivity contribution < 1.29 is 9.18 Å². The highest BCUT2D eigenvalue weighted by molar-refractivity contribution is 7.98. The molecule has 1 amide bonds. The summed E-state index contributed by atoms with van der Waals surface area (Å²) in [6, 6.07) is 14.5. The van der Waals surface area contributed by atoms with Gasteiger partial charge in [0.25, 0.3) is 0 Å². The Bertz CT molecular complexity index is 1130. The zero-order chi connectivity index (χ0) is 20.4. The summed E-state index contributed by atoms with van der Waals surface area (Å²) in [7, 11) is 1.83. The van der Waals surface area contributed by atoms with Gasteiger partial charge in [0.15, 0.2) is 4.96 Å². The summed E-state index contributed by atoms with van der Waals surface area (Å²) in [5.74, 6) is -0.220. The Labute approximate surface area is 177 Å². The van der Waals surface area contributed by atoms with Gasteiger partial charge in [0, 0.05) is 41.3 Å². The van der Waals surface area contributed by atoms with Crippen LogP contribution in [0.3, 0.4) is 0 Å². The lowest BCUT2D eigenvalue weighted by Crippen LogP contribution is -2.28. The lowest BCUT2D eigenvalue weighted by atomic mass is 10.2. The first kappa shape index (κ1) is 19.7. The number of carbonyl (C=O) groups excluding carboxylic acids is 1. The van der Waals surface area contributed by atoms with Gasteiger partial charge in [-0.1, -0.05) is 12.1 Å². The Hall–Kier alpha value is -2.64. The SMILES string of the molecule is CSc1ccc(CN(C)C(=O)Cc2csc3nc(-c4ccc(F)cc4)cn23)cc1. The number of aromatic nitrogens is 2. The highest BCUT2D eigenvalue weighted by Crippen LogP contribution is 2.24. The number of halogens is 1. The fourth-order valence-electron chi connectivity index (χ4n) is 3.10. The summed E-state index contributed by atoms with van der Waals surface area (Å²) in [5, 5.41) is 1.97. The molecule has 4 rings (SSSR count). The highest BCUT2D eigenvalue weighted by Gasteiger charge is 2.15. The Morgan fingerprint density at radius 2 is 1.90 bits per heavy atom. The van der Waals surface area contributed by atoms with Crippen molar-refractivity contribution in [3.05, 3.63) is 77.2 Å². The Morgan fingerprint density at radius 1 is 1.17 bits per heavy atom. The molecule has 0 aliphatic carbocycles. The monoisotopic (exact) mass is 425 g/mol. The standard InChI is InChI=1S/C22H20FN3OS2/c1-25(12-15-3-9-19(28-2)10-4-15)21(27)11-18-14-29-22-24-20(13-26(18)22)16-5-7-17(23)8-6-16/h3-10,13-14H,11-12H2,1-2H3. The molecule has 0 bridgehead atoms. The van der Waals surface area contributed by atoms with E-state index in [2.05, 4.69) is 29.2 Å². The molecule has 148 valence electrons. The predicted molar refractivity (Wildman–Crippen MR) is 117 cm³/mol. The molecule has 0 aliphatic heterocycles. The van der Waals surface area contributed by atoms with Gasteiger partial charge >= 0.3 is 0 Å². The first-order chi connectivity index (χ1) is 14.0. The Kier molecular flexibility index (Phi) is 5.69. The first-order valence-electron chi connectivity index (χ1n) is 9.12. The van der Waals surface area contributed by atoms with Crippen molar-refractivity contribution in [1.82, 2.24) is 14.3 Å². The van der Waals surface area contributed by atoms with Gasteiger partial charge in [-0.3, -0.25) is 9.20 Å². The minimum Gasteiger partial charge on any atom is -0.341 e. The molecule has 2 aromatic carbocycles. The molecule has 7 heteroatoms. The number of carbonyl (C=O) groups is 1. The zero-order valence-corrected chi connectivity index (χ0v) is 17.8. The minimum atomic E-state index is -0.271. The van der Waals surface area contributed by atoms with Crippen LogP contribution in [-0.4, -0.2) is 33.5 Å². The van der Waals surface area contributed by atoms with Crippen molar-refractivity contribution in [2.75, 3.05) is 13.3 Å². The van der Waals surface area contributed by atoms with Gasteiger partial charge in [0.2, 0.25) is 5.91 Å². The van der Waals surface area contributed by atoms with E-state index in [1.807, 2.05) is 29.3 Å². The number of imidazole rings is 1. The van der Waals surface area contributed by atoms with Crippen LogP contribution in [0, 0.1) is 5.82 Å². The van der Waals surface area contributed by atoms with Crippen LogP contribution in [0.2, 0.25) is 0 Å². The number of rotatable bonds is 6. The van der Waals surface area contributed by atoms with Crippen molar-refractivity contribution in [3.63, 3.8) is 0 Å². The number of amides is 1. The van der Waals surface area contributed by atoms with Crippen LogP contribution in [0.15, 0.2) is 65.0 Å². The topological polar surface area (TPSA) is 37.6 Å². The fraction of sp³-hybridized carbons (Fsp3) is 0.182. The van der Waals surface area contributed by atoms with Crippen LogP contribution < -0.4 is 0 Å². The maximum absolute atomic E-state index is 13.2. The average molecular weight is 426 g/mol. The van der Waals surface area contributed by atoms with Gasteiger partial charge < -0.3 is 4.90 Å². The minimum absolute atomic E-state index is 0.0516. The lowest BCUT2D eigenvalue weighted by Gasteiger charge is -2.17. The summed E-state index contributed by atoms with van der Waals surface area (Å²) in [5.41, 5.74) is 3.63. The zero-order valence-electron chi connectivity index (χ0n) is 16.1. The summed E-state index contributed by atoms with van der Waals surface area (Å²) >= 11 is 3.20. The Morgan fingerprint density at radius 3 is 2.59 bits per heavy atom. The maximum Gasteiger partial charge on any atom is 0.228 e. The lowest BCUT2D eigenvalue weighted by molar-refractivity contribution is -0.129. The van der Waals surface area contributed by atoms with E-state index in [1.54, 1.807) is 28.8 Å². The van der Waals surface area contributed by atoms with Crippen molar-refractivity contribution >= 4 is 34.0 Å². The van der Waals surface area contributed by atoms with Crippen molar-refractivity contribution in [3.8, 4) is 11.3 Å². The van der Waals surface area contributed by atoms with Gasteiger partial charge in [-0.25, -0.2) is 9.37 Å². The second-order valence-electron chi connectivity index (χ2n) is 6.79. The first-order valence-corrected chi connectivity index (χ1v) is 11.2. The Balaban J connectivity index is 1.47. The number of thioether (sulfide) groups is 1. The molecule has 0 unspecified atom stereocenters. The second kappa shape index (κ2) is 8.39. The molecule has 0 atom stereocenters. The fourth-order valence-corrected chi connectivity index (χ4v) is 4.38. The third kappa shape index (κ3) is 4.36. The van der Waals surface area contributed by atoms with Gasteiger partial charge in [-0.05, 0) is 48.2 Å². The van der Waals surface area contributed by atoms with Gasteiger partial charge in [-0.15, -0.1) is 23.1 Å². The van der Waals surface area contributed by atoms with Crippen LogP contribution in [-0.2, 0) is 17.8 Å². The van der Waals surface area contributed by atoms with Gasteiger partial charge in [-0.2, -0.15) is 0 Å². The van der Waals surface area contributed by atoms with Crippen LogP contribution in [0.4, 0.5) is 4.39 Å². The van der Waals surface area contributed by atoms with E-state index in [1.165, 1.54) is 28.4 Å². The molecule has 0 aliphatic rings.